The van der Waals surface area contributed by atoms with Gasteiger partial charge in [-0.15, -0.1) is 0 Å². The number of aromatic nitrogens is 1. The van der Waals surface area contributed by atoms with Crippen molar-refractivity contribution in [3.63, 3.8) is 0 Å². The maximum absolute atomic E-state index is 5.79. The zero-order chi connectivity index (χ0) is 11.5. The van der Waals surface area contributed by atoms with Gasteiger partial charge in [0, 0.05) is 19.1 Å². The minimum absolute atomic E-state index is 0.440. The van der Waals surface area contributed by atoms with E-state index in [4.69, 9.17) is 10.5 Å². The molecule has 4 nitrogen and oxygen atoms in total. The Balaban J connectivity index is 2.27. The number of nitrogen functional groups attached to an aromatic ring is 1. The van der Waals surface area contributed by atoms with Crippen LogP contribution in [0.25, 0.3) is 0 Å². The molecule has 0 amide bonds. The normalized spacial score (nSPS) is 20.6. The van der Waals surface area contributed by atoms with Crippen molar-refractivity contribution in [1.82, 2.24) is 9.88 Å². The standard InChI is InChI=1S/C12H19N3O/c1-15(2)7-10-5-11(13)6-14-12(10)9-3-4-16-8-9/h5-6,9H,3-4,7-8,13H2,1-2H3. The largest absolute Gasteiger partial charge is 0.397 e. The summed E-state index contributed by atoms with van der Waals surface area (Å²) in [6, 6.07) is 2.03. The van der Waals surface area contributed by atoms with Crippen molar-refractivity contribution in [2.45, 2.75) is 18.9 Å². The van der Waals surface area contributed by atoms with Crippen LogP contribution in [0, 0.1) is 0 Å². The molecule has 2 rings (SSSR count). The summed E-state index contributed by atoms with van der Waals surface area (Å²) in [7, 11) is 4.11. The lowest BCUT2D eigenvalue weighted by Crippen LogP contribution is -2.15. The van der Waals surface area contributed by atoms with Gasteiger partial charge in [0.25, 0.3) is 0 Å². The van der Waals surface area contributed by atoms with Crippen molar-refractivity contribution in [3.05, 3.63) is 23.5 Å². The summed E-state index contributed by atoms with van der Waals surface area (Å²) in [5, 5.41) is 0. The van der Waals surface area contributed by atoms with Gasteiger partial charge in [-0.1, -0.05) is 0 Å². The van der Waals surface area contributed by atoms with Gasteiger partial charge in [0.2, 0.25) is 0 Å². The van der Waals surface area contributed by atoms with E-state index in [1.54, 1.807) is 6.20 Å². The molecular weight excluding hydrogens is 202 g/mol. The molecule has 0 radical (unpaired) electrons. The van der Waals surface area contributed by atoms with E-state index in [1.165, 1.54) is 5.56 Å². The third-order valence-electron chi connectivity index (χ3n) is 2.83. The molecule has 0 bridgehead atoms. The second-order valence-electron chi connectivity index (χ2n) is 4.61. The van der Waals surface area contributed by atoms with E-state index in [2.05, 4.69) is 24.0 Å². The number of ether oxygens (including phenoxy) is 1. The predicted octanol–water partition coefficient (Wildman–Crippen LogP) is 1.23. The number of anilines is 1. The third-order valence-corrected chi connectivity index (χ3v) is 2.83. The summed E-state index contributed by atoms with van der Waals surface area (Å²) in [4.78, 5) is 6.62. The molecule has 2 heterocycles. The number of nitrogens with two attached hydrogens (primary N) is 1. The molecule has 1 aromatic rings. The maximum Gasteiger partial charge on any atom is 0.0550 e. The zero-order valence-electron chi connectivity index (χ0n) is 9.94. The Morgan fingerprint density at radius 3 is 3.00 bits per heavy atom. The predicted molar refractivity (Wildman–Crippen MR) is 64.2 cm³/mol. The number of hydrogen-bond donors (Lipinski definition) is 1. The van der Waals surface area contributed by atoms with E-state index in [-0.39, 0.29) is 0 Å². The number of rotatable bonds is 3. The molecule has 1 saturated heterocycles. The topological polar surface area (TPSA) is 51.4 Å². The Morgan fingerprint density at radius 1 is 1.56 bits per heavy atom. The lowest BCUT2D eigenvalue weighted by molar-refractivity contribution is 0.193. The molecular formula is C12H19N3O. The molecule has 0 aliphatic carbocycles. The van der Waals surface area contributed by atoms with Crippen LogP contribution in [-0.4, -0.2) is 37.2 Å². The van der Waals surface area contributed by atoms with E-state index >= 15 is 0 Å². The van der Waals surface area contributed by atoms with Crippen molar-refractivity contribution < 1.29 is 4.74 Å². The zero-order valence-corrected chi connectivity index (χ0v) is 9.94. The maximum atomic E-state index is 5.79. The molecule has 1 aromatic heterocycles. The summed E-state index contributed by atoms with van der Waals surface area (Å²) in [6.45, 7) is 2.51. The van der Waals surface area contributed by atoms with Crippen LogP contribution in [0.5, 0.6) is 0 Å². The van der Waals surface area contributed by atoms with Crippen LogP contribution in [0.2, 0.25) is 0 Å². The highest BCUT2D eigenvalue weighted by Gasteiger charge is 2.22. The fourth-order valence-electron chi connectivity index (χ4n) is 2.12. The van der Waals surface area contributed by atoms with Gasteiger partial charge in [-0.25, -0.2) is 0 Å². The van der Waals surface area contributed by atoms with E-state index in [1.807, 2.05) is 6.07 Å². The van der Waals surface area contributed by atoms with Gasteiger partial charge in [-0.2, -0.15) is 0 Å². The van der Waals surface area contributed by atoms with Crippen LogP contribution < -0.4 is 5.73 Å². The summed E-state index contributed by atoms with van der Waals surface area (Å²) >= 11 is 0. The van der Waals surface area contributed by atoms with E-state index in [0.29, 0.717) is 5.92 Å². The van der Waals surface area contributed by atoms with Crippen LogP contribution in [0.3, 0.4) is 0 Å². The van der Waals surface area contributed by atoms with Crippen molar-refractivity contribution in [2.24, 2.45) is 0 Å². The molecule has 16 heavy (non-hydrogen) atoms. The molecule has 1 fully saturated rings. The number of nitrogens with zero attached hydrogens (tertiary/aromatic N) is 2. The number of hydrogen-bond acceptors (Lipinski definition) is 4. The van der Waals surface area contributed by atoms with Gasteiger partial charge >= 0.3 is 0 Å². The van der Waals surface area contributed by atoms with E-state index < -0.39 is 0 Å². The highest BCUT2D eigenvalue weighted by Crippen LogP contribution is 2.27. The SMILES string of the molecule is CN(C)Cc1cc(N)cnc1C1CCOC1. The Morgan fingerprint density at radius 2 is 2.38 bits per heavy atom. The third kappa shape index (κ3) is 2.51. The Labute approximate surface area is 96.4 Å². The first kappa shape index (κ1) is 11.4. The monoisotopic (exact) mass is 221 g/mol. The van der Waals surface area contributed by atoms with Crippen molar-refractivity contribution in [1.29, 1.82) is 0 Å². The first-order chi connectivity index (χ1) is 7.66. The smallest absolute Gasteiger partial charge is 0.0550 e. The van der Waals surface area contributed by atoms with Gasteiger partial charge < -0.3 is 15.4 Å². The average molecular weight is 221 g/mol. The fraction of sp³-hybridized carbons (Fsp3) is 0.583. The molecule has 1 unspecified atom stereocenters. The minimum atomic E-state index is 0.440. The van der Waals surface area contributed by atoms with Crippen LogP contribution in [0.15, 0.2) is 12.3 Å². The molecule has 1 aliphatic heterocycles. The Kier molecular flexibility index (Phi) is 3.41. The lowest BCUT2D eigenvalue weighted by atomic mass is 9.99. The van der Waals surface area contributed by atoms with Gasteiger partial charge in [-0.3, -0.25) is 4.98 Å². The van der Waals surface area contributed by atoms with Crippen molar-refractivity contribution in [2.75, 3.05) is 33.0 Å². The average Bonchev–Trinajstić information content (AvgIpc) is 2.69. The molecule has 4 heteroatoms. The Hall–Kier alpha value is -1.13. The fourth-order valence-corrected chi connectivity index (χ4v) is 2.12. The minimum Gasteiger partial charge on any atom is -0.397 e. The molecule has 88 valence electrons. The summed E-state index contributed by atoms with van der Waals surface area (Å²) in [6.07, 6.45) is 2.81. The quantitative estimate of drug-likeness (QED) is 0.834. The van der Waals surface area contributed by atoms with Crippen LogP contribution in [0.1, 0.15) is 23.6 Å². The van der Waals surface area contributed by atoms with Crippen LogP contribution in [-0.2, 0) is 11.3 Å². The summed E-state index contributed by atoms with van der Waals surface area (Å²) in [5.74, 6) is 0.440. The summed E-state index contributed by atoms with van der Waals surface area (Å²) in [5.41, 5.74) is 8.90. The van der Waals surface area contributed by atoms with Crippen LogP contribution >= 0.6 is 0 Å². The second-order valence-corrected chi connectivity index (χ2v) is 4.61. The molecule has 0 aromatic carbocycles. The van der Waals surface area contributed by atoms with E-state index in [0.717, 1.165) is 37.6 Å². The van der Waals surface area contributed by atoms with Gasteiger partial charge in [0.1, 0.15) is 0 Å². The molecule has 1 atom stereocenters. The summed E-state index contributed by atoms with van der Waals surface area (Å²) < 4.78 is 5.42. The molecule has 1 aliphatic rings. The first-order valence-corrected chi connectivity index (χ1v) is 5.63. The lowest BCUT2D eigenvalue weighted by Gasteiger charge is -2.17. The molecule has 0 spiro atoms. The number of pyridine rings is 1. The van der Waals surface area contributed by atoms with Gasteiger partial charge in [0.05, 0.1) is 24.2 Å². The highest BCUT2D eigenvalue weighted by atomic mass is 16.5. The first-order valence-electron chi connectivity index (χ1n) is 5.63. The Bertz CT molecular complexity index is 359. The van der Waals surface area contributed by atoms with Crippen molar-refractivity contribution >= 4 is 5.69 Å². The highest BCUT2D eigenvalue weighted by molar-refractivity contribution is 5.41. The van der Waals surface area contributed by atoms with Crippen molar-refractivity contribution in [3.8, 4) is 0 Å². The second kappa shape index (κ2) is 4.80. The van der Waals surface area contributed by atoms with E-state index in [9.17, 15) is 0 Å². The molecule has 2 N–H and O–H groups in total. The van der Waals surface area contributed by atoms with Gasteiger partial charge in [-0.05, 0) is 32.1 Å². The molecule has 0 saturated carbocycles. The van der Waals surface area contributed by atoms with Crippen LogP contribution in [0.4, 0.5) is 5.69 Å². The van der Waals surface area contributed by atoms with Gasteiger partial charge in [0.15, 0.2) is 0 Å².